The molecule has 8 nitrogen and oxygen atoms in total. The first-order valence-electron chi connectivity index (χ1n) is 6.67. The molecule has 8 heteroatoms. The Morgan fingerprint density at radius 2 is 2.10 bits per heavy atom. The van der Waals surface area contributed by atoms with Gasteiger partial charge in [0.2, 0.25) is 0 Å². The maximum atomic E-state index is 12.0. The van der Waals surface area contributed by atoms with Gasteiger partial charge in [-0.3, -0.25) is 9.59 Å². The number of aliphatic hydroxyl groups is 1. The number of amides is 1. The second-order valence-electron chi connectivity index (χ2n) is 4.98. The van der Waals surface area contributed by atoms with Crippen LogP contribution in [0.1, 0.15) is 42.6 Å². The van der Waals surface area contributed by atoms with Gasteiger partial charge in [-0.2, -0.15) is 0 Å². The Bertz CT molecular complexity index is 488. The molecule has 3 N–H and O–H groups in total. The van der Waals surface area contributed by atoms with Crippen molar-refractivity contribution in [1.29, 1.82) is 0 Å². The molecule has 0 aliphatic heterocycles. The first kappa shape index (κ1) is 14.4. The number of nitrogens with one attached hydrogen (secondary N) is 1. The van der Waals surface area contributed by atoms with E-state index in [1.165, 1.54) is 6.20 Å². The summed E-state index contributed by atoms with van der Waals surface area (Å²) in [4.78, 5) is 22.5. The van der Waals surface area contributed by atoms with E-state index >= 15 is 0 Å². The molecule has 110 valence electrons. The van der Waals surface area contributed by atoms with Crippen molar-refractivity contribution in [2.24, 2.45) is 0 Å². The van der Waals surface area contributed by atoms with Gasteiger partial charge in [-0.05, 0) is 12.8 Å². The van der Waals surface area contributed by atoms with Gasteiger partial charge in [0.15, 0.2) is 5.69 Å². The van der Waals surface area contributed by atoms with Crippen molar-refractivity contribution in [2.45, 2.75) is 50.8 Å². The van der Waals surface area contributed by atoms with Crippen LogP contribution in [0.5, 0.6) is 0 Å². The fraction of sp³-hybridized carbons (Fsp3) is 0.667. The number of carboxylic acids is 1. The zero-order valence-electron chi connectivity index (χ0n) is 11.0. The third-order valence-corrected chi connectivity index (χ3v) is 3.36. The summed E-state index contributed by atoms with van der Waals surface area (Å²) in [7, 11) is 0. The number of nitrogens with zero attached hydrogens (tertiary/aromatic N) is 3. The van der Waals surface area contributed by atoms with Crippen LogP contribution in [0, 0.1) is 0 Å². The molecule has 0 saturated heterocycles. The van der Waals surface area contributed by atoms with E-state index in [9.17, 15) is 14.7 Å². The van der Waals surface area contributed by atoms with Crippen LogP contribution in [0.4, 0.5) is 0 Å². The van der Waals surface area contributed by atoms with E-state index in [0.29, 0.717) is 6.42 Å². The molecule has 2 atom stereocenters. The number of aliphatic hydroxyl groups excluding tert-OH is 1. The minimum atomic E-state index is -1.05. The van der Waals surface area contributed by atoms with Crippen LogP contribution in [0.3, 0.4) is 0 Å². The summed E-state index contributed by atoms with van der Waals surface area (Å²) in [5.41, 5.74) is 0.0581. The number of hydrogen-bond donors (Lipinski definition) is 3. The van der Waals surface area contributed by atoms with Crippen molar-refractivity contribution in [3.63, 3.8) is 0 Å². The van der Waals surface area contributed by atoms with Gasteiger partial charge in [0, 0.05) is 0 Å². The minimum absolute atomic E-state index is 0.0581. The van der Waals surface area contributed by atoms with Crippen LogP contribution in [0.15, 0.2) is 6.20 Å². The van der Waals surface area contributed by atoms with Crippen molar-refractivity contribution in [3.8, 4) is 0 Å². The van der Waals surface area contributed by atoms with Crippen LogP contribution in [0.2, 0.25) is 0 Å². The van der Waals surface area contributed by atoms with Crippen LogP contribution in [0.25, 0.3) is 0 Å². The van der Waals surface area contributed by atoms with Gasteiger partial charge < -0.3 is 15.5 Å². The molecule has 0 radical (unpaired) electrons. The first-order chi connectivity index (χ1) is 9.56. The SMILES string of the molecule is O=C(O)Cn1cc(C(=O)NC2CCCCCC2O)nn1. The van der Waals surface area contributed by atoms with Crippen LogP contribution in [-0.2, 0) is 11.3 Å². The molecule has 1 aromatic rings. The quantitative estimate of drug-likeness (QED) is 0.657. The Morgan fingerprint density at radius 1 is 1.35 bits per heavy atom. The molecule has 20 heavy (non-hydrogen) atoms. The predicted octanol–water partition coefficient (Wildman–Crippen LogP) is -0.214. The third kappa shape index (κ3) is 3.77. The van der Waals surface area contributed by atoms with E-state index in [1.807, 2.05) is 0 Å². The summed E-state index contributed by atoms with van der Waals surface area (Å²) in [5.74, 6) is -1.49. The van der Waals surface area contributed by atoms with Gasteiger partial charge >= 0.3 is 5.97 Å². The van der Waals surface area contributed by atoms with Crippen LogP contribution < -0.4 is 5.32 Å². The number of hydrogen-bond acceptors (Lipinski definition) is 5. The highest BCUT2D eigenvalue weighted by Crippen LogP contribution is 2.18. The van der Waals surface area contributed by atoms with Crippen molar-refractivity contribution in [1.82, 2.24) is 20.3 Å². The number of carbonyl (C=O) groups is 2. The fourth-order valence-corrected chi connectivity index (χ4v) is 2.32. The van der Waals surface area contributed by atoms with Crippen LogP contribution >= 0.6 is 0 Å². The molecule has 0 bridgehead atoms. The Hall–Kier alpha value is -1.96. The molecule has 1 fully saturated rings. The Balaban J connectivity index is 1.96. The van der Waals surface area contributed by atoms with Gasteiger partial charge in [0.1, 0.15) is 6.54 Å². The number of aliphatic carboxylic acids is 1. The van der Waals surface area contributed by atoms with Gasteiger partial charge in [0.05, 0.1) is 18.3 Å². The molecule has 1 saturated carbocycles. The highest BCUT2D eigenvalue weighted by molar-refractivity contribution is 5.92. The largest absolute Gasteiger partial charge is 0.480 e. The van der Waals surface area contributed by atoms with Crippen molar-refractivity contribution >= 4 is 11.9 Å². The highest BCUT2D eigenvalue weighted by Gasteiger charge is 2.24. The average molecular weight is 282 g/mol. The van der Waals surface area contributed by atoms with Gasteiger partial charge in [0.25, 0.3) is 5.91 Å². The predicted molar refractivity (Wildman–Crippen MR) is 68.0 cm³/mol. The molecule has 2 rings (SSSR count). The lowest BCUT2D eigenvalue weighted by Crippen LogP contribution is -2.42. The number of rotatable bonds is 4. The molecular weight excluding hydrogens is 264 g/mol. The summed E-state index contributed by atoms with van der Waals surface area (Å²) < 4.78 is 1.08. The van der Waals surface area contributed by atoms with Crippen molar-refractivity contribution < 1.29 is 19.8 Å². The molecule has 0 spiro atoms. The summed E-state index contributed by atoms with van der Waals surface area (Å²) >= 11 is 0. The molecule has 1 aliphatic carbocycles. The maximum Gasteiger partial charge on any atom is 0.325 e. The fourth-order valence-electron chi connectivity index (χ4n) is 2.32. The van der Waals surface area contributed by atoms with Crippen molar-refractivity contribution in [3.05, 3.63) is 11.9 Å². The third-order valence-electron chi connectivity index (χ3n) is 3.36. The van der Waals surface area contributed by atoms with E-state index in [-0.39, 0.29) is 18.3 Å². The van der Waals surface area contributed by atoms with Crippen molar-refractivity contribution in [2.75, 3.05) is 0 Å². The lowest BCUT2D eigenvalue weighted by molar-refractivity contribution is -0.137. The molecule has 2 unspecified atom stereocenters. The van der Waals surface area contributed by atoms with E-state index in [1.54, 1.807) is 0 Å². The molecule has 1 amide bonds. The summed E-state index contributed by atoms with van der Waals surface area (Å²) in [6.07, 6.45) is 5.13. The van der Waals surface area contributed by atoms with E-state index in [0.717, 1.165) is 30.4 Å². The summed E-state index contributed by atoms with van der Waals surface area (Å²) in [5, 5.41) is 28.5. The standard InChI is InChI=1S/C12H18N4O4/c17-10-5-3-1-2-4-8(10)13-12(20)9-6-16(15-14-9)7-11(18)19/h6,8,10,17H,1-5,7H2,(H,13,20)(H,18,19). The van der Waals surface area contributed by atoms with Gasteiger partial charge in [-0.15, -0.1) is 5.10 Å². The zero-order valence-corrected chi connectivity index (χ0v) is 11.0. The summed E-state index contributed by atoms with van der Waals surface area (Å²) in [6, 6.07) is -0.283. The summed E-state index contributed by atoms with van der Waals surface area (Å²) in [6.45, 7) is -0.341. The number of carboxylic acid groups (broad SMARTS) is 1. The zero-order chi connectivity index (χ0) is 14.5. The monoisotopic (exact) mass is 282 g/mol. The Labute approximate surface area is 115 Å². The lowest BCUT2D eigenvalue weighted by Gasteiger charge is -2.20. The maximum absolute atomic E-state index is 12.0. The van der Waals surface area contributed by atoms with Gasteiger partial charge in [-0.1, -0.05) is 24.5 Å². The number of carbonyl (C=O) groups excluding carboxylic acids is 1. The molecular formula is C12H18N4O4. The average Bonchev–Trinajstić information content (AvgIpc) is 2.75. The molecule has 1 heterocycles. The molecule has 1 aliphatic rings. The van der Waals surface area contributed by atoms with Crippen LogP contribution in [-0.4, -0.2) is 49.2 Å². The minimum Gasteiger partial charge on any atom is -0.480 e. The highest BCUT2D eigenvalue weighted by atomic mass is 16.4. The molecule has 0 aromatic carbocycles. The molecule has 1 aromatic heterocycles. The van der Waals surface area contributed by atoms with E-state index in [2.05, 4.69) is 15.6 Å². The Morgan fingerprint density at radius 3 is 2.85 bits per heavy atom. The van der Waals surface area contributed by atoms with Gasteiger partial charge in [-0.25, -0.2) is 4.68 Å². The first-order valence-corrected chi connectivity index (χ1v) is 6.67. The second kappa shape index (κ2) is 6.47. The Kier molecular flexibility index (Phi) is 4.67. The smallest absolute Gasteiger partial charge is 0.325 e. The van der Waals surface area contributed by atoms with E-state index < -0.39 is 18.0 Å². The lowest BCUT2D eigenvalue weighted by atomic mass is 10.1. The normalized spacial score (nSPS) is 23.1. The topological polar surface area (TPSA) is 117 Å². The van der Waals surface area contributed by atoms with E-state index in [4.69, 9.17) is 5.11 Å². The number of aromatic nitrogens is 3. The second-order valence-corrected chi connectivity index (χ2v) is 4.98.